The molecule has 6 aliphatic rings. The van der Waals surface area contributed by atoms with Crippen LogP contribution in [-0.2, 0) is 19.7 Å². The van der Waals surface area contributed by atoms with Gasteiger partial charge in [0.1, 0.15) is 34.9 Å². The van der Waals surface area contributed by atoms with Gasteiger partial charge >= 0.3 is 5.69 Å². The molecule has 10 rings (SSSR count). The van der Waals surface area contributed by atoms with Crippen molar-refractivity contribution >= 4 is 5.91 Å². The Morgan fingerprint density at radius 1 is 0.893 bits per heavy atom. The summed E-state index contributed by atoms with van der Waals surface area (Å²) in [7, 11) is 3.25. The van der Waals surface area contributed by atoms with E-state index in [2.05, 4.69) is 34.3 Å². The second-order valence-corrected chi connectivity index (χ2v) is 16.6. The molecule has 11 nitrogen and oxygen atoms in total. The fourth-order valence-corrected chi connectivity index (χ4v) is 11.1. The third-order valence-electron chi connectivity index (χ3n) is 13.3. The van der Waals surface area contributed by atoms with Crippen LogP contribution in [0.25, 0.3) is 0 Å². The number of benzene rings is 3. The highest BCUT2D eigenvalue weighted by molar-refractivity contribution is 5.83. The van der Waals surface area contributed by atoms with E-state index < -0.39 is 40.7 Å². The summed E-state index contributed by atoms with van der Waals surface area (Å²) in [5.41, 5.74) is -0.932. The molecule has 3 N–H and O–H groups in total. The third kappa shape index (κ3) is 6.06. The highest BCUT2D eigenvalue weighted by Crippen LogP contribution is 2.60. The molecule has 3 heterocycles. The highest BCUT2D eigenvalue weighted by atomic mass is 16.6. The van der Waals surface area contributed by atoms with E-state index in [9.17, 15) is 19.5 Å². The van der Waals surface area contributed by atoms with Crippen LogP contribution in [0.1, 0.15) is 73.4 Å². The van der Waals surface area contributed by atoms with Crippen LogP contribution < -0.4 is 26.0 Å². The summed E-state index contributed by atoms with van der Waals surface area (Å²) >= 11 is 0. The predicted octanol–water partition coefficient (Wildman–Crippen LogP) is 4.69. The smallest absolute Gasteiger partial charge is 0.330 e. The molecule has 4 aliphatic carbocycles. The van der Waals surface area contributed by atoms with Crippen LogP contribution >= 0.6 is 0 Å². The lowest BCUT2D eigenvalue weighted by atomic mass is 9.49. The van der Waals surface area contributed by atoms with Crippen LogP contribution in [0, 0.1) is 35.0 Å². The SMILES string of the molecule is COc1ccc(C(C[C@]23CO[C@@H](C2O)[C@H](n2cc(C#CCNC(=O)C45CC6CC(CC(C6)C4)C5)c(=O)[nH]c2=O)O3)(c2ccccc2)c2ccc(OC)cc2)cc1. The molecule has 6 fully saturated rings. The van der Waals surface area contributed by atoms with Crippen molar-refractivity contribution in [2.24, 2.45) is 23.2 Å². The molecular weight excluding hydrogens is 711 g/mol. The zero-order valence-electron chi connectivity index (χ0n) is 31.7. The Balaban J connectivity index is 1.02. The van der Waals surface area contributed by atoms with Crippen molar-refractivity contribution in [1.82, 2.24) is 14.9 Å². The van der Waals surface area contributed by atoms with Gasteiger partial charge in [-0.2, -0.15) is 0 Å². The van der Waals surface area contributed by atoms with E-state index in [0.29, 0.717) is 29.3 Å². The van der Waals surface area contributed by atoms with Gasteiger partial charge in [-0.15, -0.1) is 0 Å². The van der Waals surface area contributed by atoms with Gasteiger partial charge in [0.05, 0.1) is 27.4 Å². The number of rotatable bonds is 10. The molecular formula is C45H47N3O8. The van der Waals surface area contributed by atoms with Crippen molar-refractivity contribution < 1.29 is 28.8 Å². The lowest BCUT2D eigenvalue weighted by Gasteiger charge is -2.55. The molecule has 4 atom stereocenters. The van der Waals surface area contributed by atoms with Crippen molar-refractivity contribution in [2.75, 3.05) is 27.4 Å². The number of aliphatic hydroxyl groups excluding tert-OH is 1. The van der Waals surface area contributed by atoms with Crippen molar-refractivity contribution in [3.8, 4) is 23.3 Å². The minimum atomic E-state index is -1.27. The van der Waals surface area contributed by atoms with Gasteiger partial charge < -0.3 is 29.4 Å². The Labute approximate surface area is 325 Å². The van der Waals surface area contributed by atoms with E-state index in [0.717, 1.165) is 36.0 Å². The Morgan fingerprint density at radius 2 is 1.46 bits per heavy atom. The number of fused-ring (bicyclic) bond motifs is 2. The summed E-state index contributed by atoms with van der Waals surface area (Å²) in [5, 5.41) is 15.1. The van der Waals surface area contributed by atoms with E-state index in [4.69, 9.17) is 18.9 Å². The van der Waals surface area contributed by atoms with E-state index in [-0.39, 0.29) is 36.5 Å². The van der Waals surface area contributed by atoms with E-state index in [1.807, 2.05) is 66.7 Å². The Kier molecular flexibility index (Phi) is 9.19. The van der Waals surface area contributed by atoms with Gasteiger partial charge in [-0.1, -0.05) is 66.4 Å². The Morgan fingerprint density at radius 3 is 2.04 bits per heavy atom. The maximum atomic E-state index is 13.5. The number of nitrogens with one attached hydrogen (secondary N) is 2. The summed E-state index contributed by atoms with van der Waals surface area (Å²) in [6.07, 6.45) is 5.12. The number of aromatic nitrogens is 2. The van der Waals surface area contributed by atoms with Gasteiger partial charge in [0.25, 0.3) is 5.56 Å². The number of nitrogens with zero attached hydrogens (tertiary/aromatic N) is 1. The maximum Gasteiger partial charge on any atom is 0.330 e. The first kappa shape index (κ1) is 36.5. The zero-order valence-corrected chi connectivity index (χ0v) is 31.7. The summed E-state index contributed by atoms with van der Waals surface area (Å²) in [4.78, 5) is 42.3. The highest BCUT2D eigenvalue weighted by Gasteiger charge is 2.64. The van der Waals surface area contributed by atoms with Gasteiger partial charge in [-0.3, -0.25) is 19.1 Å². The van der Waals surface area contributed by atoms with E-state index >= 15 is 0 Å². The van der Waals surface area contributed by atoms with Crippen molar-refractivity contribution in [1.29, 1.82) is 0 Å². The van der Waals surface area contributed by atoms with Crippen LogP contribution in [0.15, 0.2) is 94.6 Å². The monoisotopic (exact) mass is 757 g/mol. The number of aromatic amines is 1. The first-order valence-corrected chi connectivity index (χ1v) is 19.6. The van der Waals surface area contributed by atoms with Crippen LogP contribution in [0.3, 0.4) is 0 Å². The van der Waals surface area contributed by atoms with Crippen molar-refractivity contribution in [2.45, 2.75) is 74.4 Å². The van der Waals surface area contributed by atoms with Gasteiger partial charge in [0.2, 0.25) is 5.91 Å². The number of ether oxygens (including phenoxy) is 4. The van der Waals surface area contributed by atoms with Crippen LogP contribution in [0.4, 0.5) is 0 Å². The quantitative estimate of drug-likeness (QED) is 0.157. The minimum absolute atomic E-state index is 0.0404. The molecule has 4 aromatic rings. The number of amides is 1. The fraction of sp³-hybridized carbons (Fsp3) is 0.444. The average molecular weight is 758 g/mol. The third-order valence-corrected chi connectivity index (χ3v) is 13.3. The Hall–Kier alpha value is -5.15. The van der Waals surface area contributed by atoms with Crippen LogP contribution in [0.2, 0.25) is 0 Å². The first-order valence-electron chi connectivity index (χ1n) is 19.6. The van der Waals surface area contributed by atoms with Crippen LogP contribution in [-0.4, -0.2) is 65.7 Å². The van der Waals surface area contributed by atoms with Crippen LogP contribution in [0.5, 0.6) is 11.5 Å². The van der Waals surface area contributed by atoms with Crippen molar-refractivity contribution in [3.63, 3.8) is 0 Å². The lowest BCUT2D eigenvalue weighted by Crippen LogP contribution is -2.53. The van der Waals surface area contributed by atoms with Gasteiger partial charge in [-0.05, 0) is 104 Å². The average Bonchev–Trinajstić information content (AvgIpc) is 3.66. The normalized spacial score (nSPS) is 29.8. The molecule has 2 aliphatic heterocycles. The molecule has 4 saturated carbocycles. The maximum absolute atomic E-state index is 13.5. The molecule has 0 radical (unpaired) electrons. The molecule has 1 unspecified atom stereocenters. The predicted molar refractivity (Wildman–Crippen MR) is 207 cm³/mol. The number of carbonyl (C=O) groups is 1. The van der Waals surface area contributed by atoms with Gasteiger partial charge in [0, 0.05) is 17.0 Å². The lowest BCUT2D eigenvalue weighted by molar-refractivity contribution is -0.180. The largest absolute Gasteiger partial charge is 0.497 e. The van der Waals surface area contributed by atoms with E-state index in [1.54, 1.807) is 14.2 Å². The molecule has 0 spiro atoms. The molecule has 1 amide bonds. The topological polar surface area (TPSA) is 141 Å². The summed E-state index contributed by atoms with van der Waals surface area (Å²) in [5.74, 6) is 9.21. The zero-order chi connectivity index (χ0) is 38.7. The molecule has 2 saturated heterocycles. The second kappa shape index (κ2) is 14.1. The summed E-state index contributed by atoms with van der Waals surface area (Å²) in [6, 6.07) is 25.7. The van der Waals surface area contributed by atoms with E-state index in [1.165, 1.54) is 30.0 Å². The molecule has 6 bridgehead atoms. The number of carbonyl (C=O) groups excluding carboxylic acids is 1. The van der Waals surface area contributed by atoms with Gasteiger partial charge in [0.15, 0.2) is 6.23 Å². The first-order chi connectivity index (χ1) is 27.1. The number of methoxy groups -OCH3 is 2. The number of hydrogen-bond acceptors (Lipinski definition) is 8. The standard InChI is InChI=1S/C45H47N3O8/c1-53-35-14-10-33(11-15-35)45(32-8-4-3-5-9-32,34-12-16-36(54-2)17-13-34)26-44-27-55-37(38(44)49)40(56-44)48-25-31(39(50)47-42(48)52)7-6-18-46-41(51)43-22-28-19-29(23-43)21-30(20-28)24-43/h3-5,8-17,25,28-30,37-38,40,49H,18-24,26-27H2,1-2H3,(H,46,51)(H,47,50,52)/t28?,29?,30?,37-,38?,40+,43?,44-/m0/s1. The molecule has 290 valence electrons. The Bertz CT molecular complexity index is 2210. The molecule has 1 aromatic heterocycles. The number of H-pyrrole nitrogens is 1. The molecule has 3 aromatic carbocycles. The number of hydrogen-bond donors (Lipinski definition) is 3. The summed E-state index contributed by atoms with van der Waals surface area (Å²) < 4.78 is 25.4. The summed E-state index contributed by atoms with van der Waals surface area (Å²) in [6.45, 7) is 0.162. The van der Waals surface area contributed by atoms with Crippen molar-refractivity contribution in [3.05, 3.63) is 128 Å². The molecule has 11 heteroatoms. The molecule has 56 heavy (non-hydrogen) atoms. The number of aliphatic hydroxyl groups is 1. The van der Waals surface area contributed by atoms with Gasteiger partial charge in [-0.25, -0.2) is 4.79 Å². The minimum Gasteiger partial charge on any atom is -0.497 e. The fourth-order valence-electron chi connectivity index (χ4n) is 11.1. The second-order valence-electron chi connectivity index (χ2n) is 16.6.